The molecule has 2 nitrogen and oxygen atoms in total. The second-order valence-electron chi connectivity index (χ2n) is 4.73. The van der Waals surface area contributed by atoms with Crippen molar-refractivity contribution in [2.45, 2.75) is 13.3 Å². The fraction of sp³-hybridized carbons (Fsp3) is 0.500. The van der Waals surface area contributed by atoms with Crippen LogP contribution in [0.2, 0.25) is 0 Å². The third kappa shape index (κ3) is 5.47. The molecule has 1 aromatic carbocycles. The average Bonchev–Trinajstić information content (AvgIpc) is 2.52. The van der Waals surface area contributed by atoms with Gasteiger partial charge in [0.05, 0.1) is 5.88 Å². The molecule has 1 atom stereocenters. The lowest BCUT2D eigenvalue weighted by Gasteiger charge is -2.39. The second kappa shape index (κ2) is 10.0. The van der Waals surface area contributed by atoms with Crippen molar-refractivity contribution in [1.82, 2.24) is 9.34 Å². The summed E-state index contributed by atoms with van der Waals surface area (Å²) in [5, 5.41) is 0. The zero-order valence-corrected chi connectivity index (χ0v) is 19.0. The standard InChI is InChI=1S/C14H22BrN2PS4/c1-5-10-22-18(20,16(2)11-21-4)17(3)14(19)12-6-8-13(15)9-7-12/h6-9H,5,10-11H2,1-4H3. The van der Waals surface area contributed by atoms with Crippen LogP contribution >= 0.6 is 56.8 Å². The first kappa shape index (κ1) is 20.9. The predicted molar refractivity (Wildman–Crippen MR) is 117 cm³/mol. The molecule has 0 saturated carbocycles. The van der Waals surface area contributed by atoms with Crippen molar-refractivity contribution in [1.29, 1.82) is 0 Å². The molecule has 0 aliphatic carbocycles. The summed E-state index contributed by atoms with van der Waals surface area (Å²) >= 11 is 18.9. The van der Waals surface area contributed by atoms with Gasteiger partial charge in [-0.1, -0.05) is 58.6 Å². The van der Waals surface area contributed by atoms with Crippen molar-refractivity contribution in [3.8, 4) is 0 Å². The van der Waals surface area contributed by atoms with Crippen LogP contribution in [0.1, 0.15) is 18.9 Å². The number of thioether (sulfide) groups is 1. The van der Waals surface area contributed by atoms with E-state index in [4.69, 9.17) is 24.0 Å². The Kier molecular flexibility index (Phi) is 9.54. The minimum atomic E-state index is -1.93. The number of benzene rings is 1. The first-order valence-electron chi connectivity index (χ1n) is 6.86. The molecule has 0 heterocycles. The van der Waals surface area contributed by atoms with E-state index < -0.39 is 5.54 Å². The molecule has 0 saturated heterocycles. The summed E-state index contributed by atoms with van der Waals surface area (Å²) in [7, 11) is 4.16. The maximum atomic E-state index is 6.10. The van der Waals surface area contributed by atoms with E-state index in [9.17, 15) is 0 Å². The van der Waals surface area contributed by atoms with Crippen LogP contribution in [0.15, 0.2) is 28.7 Å². The Morgan fingerprint density at radius 1 is 1.27 bits per heavy atom. The Hall–Kier alpha value is 0.900. The van der Waals surface area contributed by atoms with Gasteiger partial charge in [0.1, 0.15) is 4.99 Å². The van der Waals surface area contributed by atoms with E-state index >= 15 is 0 Å². The van der Waals surface area contributed by atoms with E-state index in [1.165, 1.54) is 0 Å². The van der Waals surface area contributed by atoms with E-state index in [2.05, 4.69) is 45.5 Å². The van der Waals surface area contributed by atoms with Gasteiger partial charge in [0.15, 0.2) is 5.54 Å². The largest absolute Gasteiger partial charge is 0.318 e. The fourth-order valence-corrected chi connectivity index (χ4v) is 10.1. The summed E-state index contributed by atoms with van der Waals surface area (Å²) < 4.78 is 5.50. The van der Waals surface area contributed by atoms with Crippen LogP contribution < -0.4 is 0 Å². The molecule has 0 radical (unpaired) electrons. The normalized spacial score (nSPS) is 13.9. The van der Waals surface area contributed by atoms with Crippen molar-refractivity contribution in [3.05, 3.63) is 34.3 Å². The van der Waals surface area contributed by atoms with Gasteiger partial charge in [-0.3, -0.25) is 0 Å². The van der Waals surface area contributed by atoms with Crippen LogP contribution in [-0.4, -0.2) is 46.3 Å². The molecule has 22 heavy (non-hydrogen) atoms. The lowest BCUT2D eigenvalue weighted by Crippen LogP contribution is -2.29. The summed E-state index contributed by atoms with van der Waals surface area (Å²) in [5.41, 5.74) is -0.879. The topological polar surface area (TPSA) is 6.48 Å². The van der Waals surface area contributed by atoms with Crippen molar-refractivity contribution >= 4 is 73.6 Å². The summed E-state index contributed by atoms with van der Waals surface area (Å²) in [6.45, 7) is 2.19. The van der Waals surface area contributed by atoms with Crippen molar-refractivity contribution in [2.24, 2.45) is 0 Å². The van der Waals surface area contributed by atoms with E-state index in [0.717, 1.165) is 33.1 Å². The van der Waals surface area contributed by atoms with Gasteiger partial charge in [0.2, 0.25) is 0 Å². The van der Waals surface area contributed by atoms with Crippen LogP contribution in [0, 0.1) is 0 Å². The molecule has 0 fully saturated rings. The molecule has 1 unspecified atom stereocenters. The third-order valence-electron chi connectivity index (χ3n) is 2.98. The van der Waals surface area contributed by atoms with Crippen LogP contribution in [0.25, 0.3) is 0 Å². The summed E-state index contributed by atoms with van der Waals surface area (Å²) in [5.74, 6) is 1.98. The maximum Gasteiger partial charge on any atom is 0.156 e. The lowest BCUT2D eigenvalue weighted by molar-refractivity contribution is 0.619. The molecule has 0 N–H and O–H groups in total. The van der Waals surface area contributed by atoms with Crippen LogP contribution in [0.4, 0.5) is 0 Å². The summed E-state index contributed by atoms with van der Waals surface area (Å²) in [6, 6.07) is 8.12. The molecule has 8 heteroatoms. The van der Waals surface area contributed by atoms with Gasteiger partial charge >= 0.3 is 0 Å². The number of thiocarbonyl (C=S) groups is 1. The molecule has 0 spiro atoms. The van der Waals surface area contributed by atoms with Gasteiger partial charge in [-0.15, -0.1) is 11.8 Å². The molecule has 0 aromatic heterocycles. The molecule has 0 amide bonds. The zero-order chi connectivity index (χ0) is 16.8. The Balaban J connectivity index is 3.04. The minimum Gasteiger partial charge on any atom is -0.318 e. The van der Waals surface area contributed by atoms with Crippen molar-refractivity contribution in [2.75, 3.05) is 32.0 Å². The van der Waals surface area contributed by atoms with E-state index in [0.29, 0.717) is 0 Å². The van der Waals surface area contributed by atoms with E-state index in [-0.39, 0.29) is 0 Å². The minimum absolute atomic E-state index is 0.826. The highest BCUT2D eigenvalue weighted by Gasteiger charge is 2.30. The Labute approximate surface area is 161 Å². The second-order valence-corrected chi connectivity index (χ2v) is 14.3. The van der Waals surface area contributed by atoms with Gasteiger partial charge in [0.25, 0.3) is 0 Å². The van der Waals surface area contributed by atoms with Gasteiger partial charge in [-0.25, -0.2) is 4.67 Å². The Bertz CT molecular complexity index is 538. The van der Waals surface area contributed by atoms with E-state index in [1.54, 1.807) is 11.8 Å². The van der Waals surface area contributed by atoms with Gasteiger partial charge < -0.3 is 4.67 Å². The lowest BCUT2D eigenvalue weighted by atomic mass is 10.2. The smallest absolute Gasteiger partial charge is 0.156 e. The first-order valence-corrected chi connectivity index (χ1v) is 13.8. The molecule has 0 bridgehead atoms. The summed E-state index contributed by atoms with van der Waals surface area (Å²) in [6.07, 6.45) is 3.22. The fourth-order valence-electron chi connectivity index (χ4n) is 1.78. The van der Waals surface area contributed by atoms with Gasteiger partial charge in [0, 0.05) is 22.8 Å². The third-order valence-corrected chi connectivity index (χ3v) is 13.5. The number of hydrogen-bond acceptors (Lipinski definition) is 4. The van der Waals surface area contributed by atoms with Crippen LogP contribution in [-0.2, 0) is 11.8 Å². The zero-order valence-electron chi connectivity index (χ0n) is 13.3. The maximum absolute atomic E-state index is 6.10. The average molecular weight is 457 g/mol. The van der Waals surface area contributed by atoms with Gasteiger partial charge in [-0.2, -0.15) is 0 Å². The van der Waals surface area contributed by atoms with Crippen molar-refractivity contribution < 1.29 is 0 Å². The monoisotopic (exact) mass is 456 g/mol. The van der Waals surface area contributed by atoms with Crippen molar-refractivity contribution in [3.63, 3.8) is 0 Å². The van der Waals surface area contributed by atoms with Crippen LogP contribution in [0.5, 0.6) is 0 Å². The molecule has 0 aliphatic heterocycles. The highest BCUT2D eigenvalue weighted by molar-refractivity contribution is 9.10. The molecule has 1 aromatic rings. The Morgan fingerprint density at radius 2 is 1.86 bits per heavy atom. The first-order chi connectivity index (χ1) is 10.4. The summed E-state index contributed by atoms with van der Waals surface area (Å²) in [4.78, 5) is 0.826. The Morgan fingerprint density at radius 3 is 2.36 bits per heavy atom. The number of nitrogens with zero attached hydrogens (tertiary/aromatic N) is 2. The molecular formula is C14H22BrN2PS4. The predicted octanol–water partition coefficient (Wildman–Crippen LogP) is 5.68. The number of rotatable bonds is 8. The quantitative estimate of drug-likeness (QED) is 0.280. The number of halogens is 1. The van der Waals surface area contributed by atoms with E-state index in [1.807, 2.05) is 42.7 Å². The van der Waals surface area contributed by atoms with Crippen LogP contribution in [0.3, 0.4) is 0 Å². The molecule has 1 rings (SSSR count). The number of hydrogen-bond donors (Lipinski definition) is 0. The van der Waals surface area contributed by atoms with Gasteiger partial charge in [-0.05, 0) is 43.7 Å². The highest BCUT2D eigenvalue weighted by atomic mass is 79.9. The highest BCUT2D eigenvalue weighted by Crippen LogP contribution is 2.64. The molecule has 0 aliphatic rings. The molecule has 124 valence electrons. The SMILES string of the molecule is CCCSP(=S)(N(C)CSC)N(C)C(=S)c1ccc(Br)cc1. The molecular weight excluding hydrogens is 435 g/mol.